The maximum Gasteiger partial charge on any atom is 0.329 e. The largest absolute Gasteiger partial charge is 0.329 e. The Labute approximate surface area is 91.4 Å². The molecule has 1 aromatic rings. The Morgan fingerprint density at radius 1 is 1.43 bits per heavy atom. The first kappa shape index (κ1) is 10.8. The summed E-state index contributed by atoms with van der Waals surface area (Å²) in [5.41, 5.74) is 0.533. The molecule has 0 bridgehead atoms. The van der Waals surface area contributed by atoms with Gasteiger partial charge in [0.25, 0.3) is 0 Å². The smallest absolute Gasteiger partial charge is 0.303 e. The van der Waals surface area contributed by atoms with Crippen molar-refractivity contribution >= 4 is 34.8 Å². The van der Waals surface area contributed by atoms with Crippen molar-refractivity contribution in [3.63, 3.8) is 0 Å². The van der Waals surface area contributed by atoms with Crippen LogP contribution in [0.5, 0.6) is 0 Å². The number of amides is 1. The van der Waals surface area contributed by atoms with Gasteiger partial charge in [0.2, 0.25) is 0 Å². The van der Waals surface area contributed by atoms with Crippen molar-refractivity contribution in [2.24, 2.45) is 0 Å². The lowest BCUT2D eigenvalue weighted by atomic mass is 10.3. The highest BCUT2D eigenvalue weighted by atomic mass is 35.5. The third-order valence-electron chi connectivity index (χ3n) is 1.69. The van der Waals surface area contributed by atoms with Gasteiger partial charge in [-0.3, -0.25) is 4.79 Å². The Kier molecular flexibility index (Phi) is 3.34. The maximum atomic E-state index is 11.0. The Hall–Kier alpha value is -1.24. The minimum atomic E-state index is -0.650. The third kappa shape index (κ3) is 2.16. The lowest BCUT2D eigenvalue weighted by Crippen LogP contribution is -2.24. The topological polar surface area (TPSA) is 44.1 Å². The van der Waals surface area contributed by atoms with E-state index in [1.807, 2.05) is 0 Å². The zero-order valence-corrected chi connectivity index (χ0v) is 8.80. The van der Waals surface area contributed by atoms with Gasteiger partial charge in [0, 0.05) is 12.7 Å². The summed E-state index contributed by atoms with van der Waals surface area (Å²) in [6.07, 6.45) is 0. The molecular formula is C9H6Cl2N2O. The van der Waals surface area contributed by atoms with Crippen LogP contribution >= 0.6 is 23.2 Å². The van der Waals surface area contributed by atoms with Crippen LogP contribution in [0.15, 0.2) is 18.2 Å². The fourth-order valence-electron chi connectivity index (χ4n) is 0.886. The number of rotatable bonds is 1. The molecule has 1 amide bonds. The van der Waals surface area contributed by atoms with E-state index in [0.717, 1.165) is 0 Å². The number of carbonyl (C=O) groups excluding carboxylic acids is 1. The zero-order chi connectivity index (χ0) is 10.7. The highest BCUT2D eigenvalue weighted by Crippen LogP contribution is 2.26. The van der Waals surface area contributed by atoms with Gasteiger partial charge in [-0.25, -0.2) is 0 Å². The molecule has 0 aromatic heterocycles. The zero-order valence-electron chi connectivity index (χ0n) is 7.29. The lowest BCUT2D eigenvalue weighted by molar-refractivity contribution is -0.113. The average molecular weight is 229 g/mol. The van der Waals surface area contributed by atoms with Crippen LogP contribution in [0.2, 0.25) is 10.0 Å². The Bertz CT molecular complexity index is 412. The molecule has 1 aromatic carbocycles. The summed E-state index contributed by atoms with van der Waals surface area (Å²) in [6, 6.07) is 6.22. The number of halogens is 2. The van der Waals surface area contributed by atoms with Gasteiger partial charge in [-0.1, -0.05) is 23.2 Å². The van der Waals surface area contributed by atoms with Crippen LogP contribution < -0.4 is 4.90 Å². The molecule has 0 aliphatic rings. The second-order valence-corrected chi connectivity index (χ2v) is 3.39. The van der Waals surface area contributed by atoms with Gasteiger partial charge in [0.1, 0.15) is 0 Å². The normalized spacial score (nSPS) is 9.29. The van der Waals surface area contributed by atoms with Crippen LogP contribution in [0.4, 0.5) is 5.69 Å². The van der Waals surface area contributed by atoms with E-state index < -0.39 is 5.91 Å². The van der Waals surface area contributed by atoms with E-state index in [0.29, 0.717) is 15.7 Å². The molecule has 3 nitrogen and oxygen atoms in total. The van der Waals surface area contributed by atoms with E-state index in [1.165, 1.54) is 24.1 Å². The lowest BCUT2D eigenvalue weighted by Gasteiger charge is -2.13. The maximum absolute atomic E-state index is 11.0. The Morgan fingerprint density at radius 2 is 2.07 bits per heavy atom. The molecular weight excluding hydrogens is 223 g/mol. The fourth-order valence-corrected chi connectivity index (χ4v) is 1.18. The van der Waals surface area contributed by atoms with Crippen molar-refractivity contribution in [2.75, 3.05) is 11.9 Å². The summed E-state index contributed by atoms with van der Waals surface area (Å²) < 4.78 is 0. The molecule has 0 N–H and O–H groups in total. The molecule has 72 valence electrons. The molecule has 0 saturated heterocycles. The van der Waals surface area contributed by atoms with Crippen LogP contribution in [-0.4, -0.2) is 13.0 Å². The van der Waals surface area contributed by atoms with Crippen molar-refractivity contribution in [2.45, 2.75) is 0 Å². The van der Waals surface area contributed by atoms with Gasteiger partial charge in [0.15, 0.2) is 6.07 Å². The van der Waals surface area contributed by atoms with Crippen LogP contribution in [0.1, 0.15) is 0 Å². The SMILES string of the molecule is CN(C(=O)C#N)c1ccc(Cl)c(Cl)c1. The Balaban J connectivity index is 3.04. The molecule has 0 spiro atoms. The van der Waals surface area contributed by atoms with Crippen molar-refractivity contribution in [3.8, 4) is 6.07 Å². The summed E-state index contributed by atoms with van der Waals surface area (Å²) in [7, 11) is 1.49. The highest BCUT2D eigenvalue weighted by molar-refractivity contribution is 6.42. The number of carbonyl (C=O) groups is 1. The van der Waals surface area contributed by atoms with E-state index in [4.69, 9.17) is 28.5 Å². The molecule has 0 unspecified atom stereocenters. The van der Waals surface area contributed by atoms with Gasteiger partial charge >= 0.3 is 5.91 Å². The van der Waals surface area contributed by atoms with Crippen LogP contribution in [0.3, 0.4) is 0 Å². The average Bonchev–Trinajstić information content (AvgIpc) is 2.20. The van der Waals surface area contributed by atoms with Crippen LogP contribution in [0, 0.1) is 11.3 Å². The summed E-state index contributed by atoms with van der Waals surface area (Å²) in [4.78, 5) is 12.2. The van der Waals surface area contributed by atoms with Gasteiger partial charge in [-0.2, -0.15) is 5.26 Å². The second-order valence-electron chi connectivity index (χ2n) is 2.57. The molecule has 0 saturated carbocycles. The molecule has 0 aliphatic carbocycles. The summed E-state index contributed by atoms with van der Waals surface area (Å²) in [6.45, 7) is 0. The highest BCUT2D eigenvalue weighted by Gasteiger charge is 2.10. The summed E-state index contributed by atoms with van der Waals surface area (Å²) >= 11 is 11.5. The van der Waals surface area contributed by atoms with Crippen molar-refractivity contribution in [1.82, 2.24) is 0 Å². The third-order valence-corrected chi connectivity index (χ3v) is 2.43. The van der Waals surface area contributed by atoms with Gasteiger partial charge in [-0.05, 0) is 18.2 Å². The van der Waals surface area contributed by atoms with Crippen molar-refractivity contribution in [3.05, 3.63) is 28.2 Å². The number of benzene rings is 1. The first-order valence-electron chi connectivity index (χ1n) is 3.69. The minimum Gasteiger partial charge on any atom is -0.303 e. The molecule has 0 heterocycles. The molecule has 14 heavy (non-hydrogen) atoms. The summed E-state index contributed by atoms with van der Waals surface area (Å²) in [5.74, 6) is -0.650. The fraction of sp³-hybridized carbons (Fsp3) is 0.111. The van der Waals surface area contributed by atoms with Crippen molar-refractivity contribution in [1.29, 1.82) is 5.26 Å². The van der Waals surface area contributed by atoms with Gasteiger partial charge < -0.3 is 4.90 Å². The van der Waals surface area contributed by atoms with E-state index in [2.05, 4.69) is 0 Å². The number of hydrogen-bond donors (Lipinski definition) is 0. The molecule has 0 aliphatic heterocycles. The van der Waals surface area contributed by atoms with Crippen LogP contribution in [0.25, 0.3) is 0 Å². The monoisotopic (exact) mass is 228 g/mol. The quantitative estimate of drug-likeness (QED) is 0.694. The standard InChI is InChI=1S/C9H6Cl2N2O/c1-13(9(14)5-12)6-2-3-7(10)8(11)4-6/h2-4H,1H3. The molecule has 5 heteroatoms. The Morgan fingerprint density at radius 3 is 2.57 bits per heavy atom. The number of nitriles is 1. The van der Waals surface area contributed by atoms with Gasteiger partial charge in [-0.15, -0.1) is 0 Å². The minimum absolute atomic E-state index is 0.349. The first-order valence-corrected chi connectivity index (χ1v) is 4.44. The number of anilines is 1. The van der Waals surface area contributed by atoms with Crippen molar-refractivity contribution < 1.29 is 4.79 Å². The predicted molar refractivity (Wildman–Crippen MR) is 55.5 cm³/mol. The second kappa shape index (κ2) is 4.32. The van der Waals surface area contributed by atoms with Gasteiger partial charge in [0.05, 0.1) is 10.0 Å². The molecule has 0 radical (unpaired) electrons. The molecule has 0 atom stereocenters. The summed E-state index contributed by atoms with van der Waals surface area (Å²) in [5, 5.41) is 9.15. The van der Waals surface area contributed by atoms with E-state index in [-0.39, 0.29) is 0 Å². The molecule has 0 fully saturated rings. The molecule has 1 rings (SSSR count). The first-order chi connectivity index (χ1) is 6.56. The van der Waals surface area contributed by atoms with E-state index >= 15 is 0 Å². The van der Waals surface area contributed by atoms with Crippen LogP contribution in [-0.2, 0) is 4.79 Å². The predicted octanol–water partition coefficient (Wildman–Crippen LogP) is 2.48. The van der Waals surface area contributed by atoms with E-state index in [1.54, 1.807) is 12.1 Å². The number of hydrogen-bond acceptors (Lipinski definition) is 2. The van der Waals surface area contributed by atoms with E-state index in [9.17, 15) is 4.79 Å². The number of nitrogens with zero attached hydrogens (tertiary/aromatic N) is 2.